The quantitative estimate of drug-likeness (QED) is 0.644. The van der Waals surface area contributed by atoms with Crippen molar-refractivity contribution in [3.8, 4) is 5.75 Å². The maximum atomic E-state index is 12.6. The first-order valence-corrected chi connectivity index (χ1v) is 11.1. The van der Waals surface area contributed by atoms with Gasteiger partial charge in [0.25, 0.3) is 0 Å². The second-order valence-electron chi connectivity index (χ2n) is 9.54. The molecule has 0 aliphatic heterocycles. The highest BCUT2D eigenvalue weighted by Crippen LogP contribution is 2.37. The Morgan fingerprint density at radius 2 is 2.03 bits per heavy atom. The molecule has 2 aliphatic rings. The lowest BCUT2D eigenvalue weighted by Gasteiger charge is -2.38. The van der Waals surface area contributed by atoms with E-state index >= 15 is 0 Å². The van der Waals surface area contributed by atoms with E-state index in [1.807, 2.05) is 32.1 Å². The summed E-state index contributed by atoms with van der Waals surface area (Å²) >= 11 is 0. The topological polar surface area (TPSA) is 71.7 Å². The van der Waals surface area contributed by atoms with Gasteiger partial charge >= 0.3 is 0 Å². The molecule has 2 N–H and O–H groups in total. The molecule has 2 aliphatic carbocycles. The zero-order valence-corrected chi connectivity index (χ0v) is 18.0. The summed E-state index contributed by atoms with van der Waals surface area (Å²) in [6, 6.07) is 6.28. The molecule has 2 saturated carbocycles. The molecule has 1 aromatic carbocycles. The molecule has 30 heavy (non-hydrogen) atoms. The lowest BCUT2D eigenvalue weighted by atomic mass is 9.76. The summed E-state index contributed by atoms with van der Waals surface area (Å²) in [7, 11) is 0. The van der Waals surface area contributed by atoms with Crippen molar-refractivity contribution < 1.29 is 19.1 Å². The predicted octanol–water partition coefficient (Wildman–Crippen LogP) is 4.76. The molecule has 0 saturated heterocycles. The average molecular weight is 412 g/mol. The van der Waals surface area contributed by atoms with E-state index in [9.17, 15) is 9.90 Å². The molecule has 2 fully saturated rings. The molecule has 0 radical (unpaired) electrons. The fourth-order valence-electron chi connectivity index (χ4n) is 4.80. The molecule has 2 aromatic rings. The highest BCUT2D eigenvalue weighted by Gasteiger charge is 2.38. The molecule has 0 spiro atoms. The lowest BCUT2D eigenvalue weighted by Crippen LogP contribution is -2.48. The van der Waals surface area contributed by atoms with Gasteiger partial charge in [-0.2, -0.15) is 0 Å². The van der Waals surface area contributed by atoms with Gasteiger partial charge in [0.2, 0.25) is 5.91 Å². The number of hydrogen-bond acceptors (Lipinski definition) is 4. The van der Waals surface area contributed by atoms with Crippen LogP contribution in [0.5, 0.6) is 5.75 Å². The smallest absolute Gasteiger partial charge is 0.223 e. The summed E-state index contributed by atoms with van der Waals surface area (Å²) in [5, 5.41) is 14.4. The van der Waals surface area contributed by atoms with Crippen LogP contribution in [0.25, 0.3) is 11.0 Å². The fraction of sp³-hybridized carbons (Fsp3) is 0.560. The molecule has 5 heteroatoms. The molecule has 1 aromatic heterocycles. The fourth-order valence-corrected chi connectivity index (χ4v) is 4.80. The van der Waals surface area contributed by atoms with E-state index in [1.54, 1.807) is 6.26 Å². The SMILES string of the molecule is C=CCc1cc(O[C@H]2C[C@H](C(=O)N[C@H]3CC[C@H](C(C)(C)O)CC3)C2)c2occc2c1. The van der Waals surface area contributed by atoms with E-state index in [-0.39, 0.29) is 24.0 Å². The van der Waals surface area contributed by atoms with E-state index in [2.05, 4.69) is 18.0 Å². The Kier molecular flexibility index (Phi) is 5.92. The third-order valence-corrected chi connectivity index (χ3v) is 6.79. The van der Waals surface area contributed by atoms with Crippen LogP contribution in [0.3, 0.4) is 0 Å². The number of amides is 1. The number of benzene rings is 1. The molecule has 4 rings (SSSR count). The van der Waals surface area contributed by atoms with Crippen LogP contribution < -0.4 is 10.1 Å². The van der Waals surface area contributed by atoms with Gasteiger partial charge in [-0.05, 0) is 88.5 Å². The summed E-state index contributed by atoms with van der Waals surface area (Å²) in [5.41, 5.74) is 1.28. The van der Waals surface area contributed by atoms with Crippen molar-refractivity contribution in [2.45, 2.75) is 76.5 Å². The van der Waals surface area contributed by atoms with Gasteiger partial charge in [0.05, 0.1) is 11.9 Å². The maximum Gasteiger partial charge on any atom is 0.223 e. The van der Waals surface area contributed by atoms with Crippen molar-refractivity contribution in [3.63, 3.8) is 0 Å². The Morgan fingerprint density at radius 1 is 1.30 bits per heavy atom. The molecular weight excluding hydrogens is 378 g/mol. The first-order chi connectivity index (χ1) is 14.3. The van der Waals surface area contributed by atoms with Crippen LogP contribution in [0.1, 0.15) is 57.9 Å². The summed E-state index contributed by atoms with van der Waals surface area (Å²) in [5.74, 6) is 1.24. The zero-order valence-electron chi connectivity index (χ0n) is 18.0. The van der Waals surface area contributed by atoms with E-state index in [1.165, 1.54) is 0 Å². The maximum absolute atomic E-state index is 12.6. The van der Waals surface area contributed by atoms with E-state index in [4.69, 9.17) is 9.15 Å². The van der Waals surface area contributed by atoms with E-state index in [0.29, 0.717) is 5.92 Å². The first-order valence-electron chi connectivity index (χ1n) is 11.1. The summed E-state index contributed by atoms with van der Waals surface area (Å²) in [4.78, 5) is 12.6. The number of rotatable bonds is 7. The average Bonchev–Trinajstić information content (AvgIpc) is 3.13. The lowest BCUT2D eigenvalue weighted by molar-refractivity contribution is -0.131. The van der Waals surface area contributed by atoms with E-state index in [0.717, 1.165) is 67.2 Å². The van der Waals surface area contributed by atoms with Gasteiger partial charge in [0.1, 0.15) is 6.10 Å². The summed E-state index contributed by atoms with van der Waals surface area (Å²) in [6.45, 7) is 7.58. The van der Waals surface area contributed by atoms with Gasteiger partial charge in [-0.3, -0.25) is 4.79 Å². The molecule has 162 valence electrons. The largest absolute Gasteiger partial charge is 0.486 e. The van der Waals surface area contributed by atoms with Gasteiger partial charge in [0.15, 0.2) is 11.3 Å². The number of carbonyl (C=O) groups excluding carboxylic acids is 1. The van der Waals surface area contributed by atoms with Crippen molar-refractivity contribution in [1.29, 1.82) is 0 Å². The minimum Gasteiger partial charge on any atom is -0.486 e. The number of carbonyl (C=O) groups is 1. The standard InChI is InChI=1S/C25H33NO4/c1-4-5-16-12-17-10-11-29-23(17)22(13-16)30-21-14-18(15-21)24(27)26-20-8-6-19(7-9-20)25(2,3)28/h4,10-13,18-21,28H,1,5-9,14-15H2,2-3H3,(H,26,27)/t18-,19-,20-,21-. The number of fused-ring (bicyclic) bond motifs is 1. The van der Waals surface area contributed by atoms with Crippen LogP contribution in [0.15, 0.2) is 41.5 Å². The number of aliphatic hydroxyl groups is 1. The van der Waals surface area contributed by atoms with Crippen LogP contribution in [-0.2, 0) is 11.2 Å². The van der Waals surface area contributed by atoms with Crippen molar-refractivity contribution in [2.24, 2.45) is 11.8 Å². The predicted molar refractivity (Wildman–Crippen MR) is 117 cm³/mol. The molecule has 0 bridgehead atoms. The van der Waals surface area contributed by atoms with Crippen LogP contribution in [0, 0.1) is 11.8 Å². The van der Waals surface area contributed by atoms with Crippen LogP contribution in [0.4, 0.5) is 0 Å². The highest BCUT2D eigenvalue weighted by molar-refractivity contribution is 5.84. The van der Waals surface area contributed by atoms with E-state index < -0.39 is 5.60 Å². The van der Waals surface area contributed by atoms with Crippen molar-refractivity contribution in [1.82, 2.24) is 5.32 Å². The number of allylic oxidation sites excluding steroid dienone is 1. The van der Waals surface area contributed by atoms with Gasteiger partial charge in [-0.15, -0.1) is 6.58 Å². The Hall–Kier alpha value is -2.27. The molecule has 5 nitrogen and oxygen atoms in total. The van der Waals surface area contributed by atoms with Crippen molar-refractivity contribution in [2.75, 3.05) is 0 Å². The third kappa shape index (κ3) is 4.56. The number of ether oxygens (including phenoxy) is 1. The summed E-state index contributed by atoms with van der Waals surface area (Å²) in [6.07, 6.45) is 9.66. The normalized spacial score (nSPS) is 26.8. The Morgan fingerprint density at radius 3 is 2.70 bits per heavy atom. The van der Waals surface area contributed by atoms with Crippen LogP contribution in [0.2, 0.25) is 0 Å². The third-order valence-electron chi connectivity index (χ3n) is 6.79. The second kappa shape index (κ2) is 8.46. The van der Waals surface area contributed by atoms with Crippen molar-refractivity contribution >= 4 is 16.9 Å². The second-order valence-corrected chi connectivity index (χ2v) is 9.54. The Balaban J connectivity index is 1.27. The molecule has 0 atom stereocenters. The van der Waals surface area contributed by atoms with Crippen LogP contribution >= 0.6 is 0 Å². The van der Waals surface area contributed by atoms with Gasteiger partial charge < -0.3 is 19.6 Å². The molecule has 1 heterocycles. The number of hydrogen-bond donors (Lipinski definition) is 2. The zero-order chi connectivity index (χ0) is 21.3. The van der Waals surface area contributed by atoms with Crippen LogP contribution in [-0.4, -0.2) is 28.8 Å². The molecule has 0 unspecified atom stereocenters. The minimum atomic E-state index is -0.629. The Bertz CT molecular complexity index is 895. The molecular formula is C25H33NO4. The first kappa shape index (κ1) is 21.0. The van der Waals surface area contributed by atoms with Gasteiger partial charge in [-0.1, -0.05) is 6.08 Å². The highest BCUT2D eigenvalue weighted by atomic mass is 16.5. The Labute approximate surface area is 178 Å². The summed E-state index contributed by atoms with van der Waals surface area (Å²) < 4.78 is 11.8. The molecule has 1 amide bonds. The minimum absolute atomic E-state index is 0.0189. The monoisotopic (exact) mass is 411 g/mol. The number of furan rings is 1. The van der Waals surface area contributed by atoms with Gasteiger partial charge in [-0.25, -0.2) is 0 Å². The van der Waals surface area contributed by atoms with Crippen molar-refractivity contribution in [3.05, 3.63) is 42.7 Å². The van der Waals surface area contributed by atoms with Gasteiger partial charge in [0, 0.05) is 17.3 Å². The number of nitrogens with one attached hydrogen (secondary N) is 1.